The lowest BCUT2D eigenvalue weighted by Crippen LogP contribution is -2.33. The molecule has 1 N–H and O–H groups in total. The van der Waals surface area contributed by atoms with Crippen LogP contribution in [0.2, 0.25) is 0 Å². The Hall–Kier alpha value is -2.87. The molecule has 0 atom stereocenters. The number of nitrogens with zero attached hydrogens (tertiary/aromatic N) is 1. The third-order valence-corrected chi connectivity index (χ3v) is 7.43. The van der Waals surface area contributed by atoms with Crippen LogP contribution in [0.25, 0.3) is 0 Å². The van der Waals surface area contributed by atoms with Crippen molar-refractivity contribution >= 4 is 27.3 Å². The molecule has 0 saturated carbocycles. The molecule has 0 aliphatic carbocycles. The molecule has 164 valence electrons. The van der Waals surface area contributed by atoms with Gasteiger partial charge in [-0.2, -0.15) is 0 Å². The van der Waals surface area contributed by atoms with E-state index in [9.17, 15) is 18.0 Å². The summed E-state index contributed by atoms with van der Waals surface area (Å²) in [6.07, 6.45) is 1.51. The number of aryl methyl sites for hydroxylation is 1. The third-order valence-electron chi connectivity index (χ3n) is 5.73. The number of anilines is 1. The van der Waals surface area contributed by atoms with E-state index in [-0.39, 0.29) is 35.4 Å². The fraction of sp³-hybridized carbons (Fsp3) is 0.391. The molecular weight excluding hydrogens is 416 g/mol. The van der Waals surface area contributed by atoms with Crippen LogP contribution < -0.4 is 15.0 Å². The Bertz CT molecular complexity index is 1130. The van der Waals surface area contributed by atoms with E-state index in [0.29, 0.717) is 38.2 Å². The molecule has 2 aliphatic heterocycles. The Morgan fingerprint density at radius 1 is 1.13 bits per heavy atom. The highest BCUT2D eigenvalue weighted by Gasteiger charge is 2.33. The molecule has 2 aliphatic rings. The maximum Gasteiger partial charge on any atom is 0.227 e. The van der Waals surface area contributed by atoms with Crippen molar-refractivity contribution in [1.29, 1.82) is 0 Å². The van der Waals surface area contributed by atoms with Crippen molar-refractivity contribution in [3.05, 3.63) is 53.1 Å². The average Bonchev–Trinajstić information content (AvgIpc) is 3.20. The lowest BCUT2D eigenvalue weighted by Gasteiger charge is -2.25. The van der Waals surface area contributed by atoms with E-state index in [1.165, 1.54) is 0 Å². The molecule has 2 aromatic carbocycles. The number of para-hydroxylation sites is 1. The van der Waals surface area contributed by atoms with E-state index in [4.69, 9.17) is 4.74 Å². The first-order chi connectivity index (χ1) is 14.9. The van der Waals surface area contributed by atoms with Gasteiger partial charge in [0.1, 0.15) is 5.75 Å². The zero-order valence-corrected chi connectivity index (χ0v) is 18.3. The number of hydrogen-bond acceptors (Lipinski definition) is 5. The SMILES string of the molecule is CCOc1ccccc1CNC(=O)CCS(=O)(=O)c1cc2c3c(c1)CCN3C(=O)CC2. The van der Waals surface area contributed by atoms with Crippen LogP contribution in [0.1, 0.15) is 36.5 Å². The van der Waals surface area contributed by atoms with Gasteiger partial charge in [0.2, 0.25) is 11.8 Å². The van der Waals surface area contributed by atoms with Gasteiger partial charge in [0, 0.05) is 31.5 Å². The van der Waals surface area contributed by atoms with Gasteiger partial charge in [-0.15, -0.1) is 0 Å². The maximum atomic E-state index is 12.9. The van der Waals surface area contributed by atoms with E-state index in [2.05, 4.69) is 5.32 Å². The quantitative estimate of drug-likeness (QED) is 0.678. The van der Waals surface area contributed by atoms with Crippen LogP contribution in [0, 0.1) is 0 Å². The van der Waals surface area contributed by atoms with Crippen molar-refractivity contribution in [2.24, 2.45) is 0 Å². The van der Waals surface area contributed by atoms with Gasteiger partial charge in [-0.05, 0) is 49.1 Å². The molecule has 0 bridgehead atoms. The Balaban J connectivity index is 1.40. The predicted molar refractivity (Wildman–Crippen MR) is 117 cm³/mol. The first-order valence-corrected chi connectivity index (χ1v) is 12.2. The van der Waals surface area contributed by atoms with Crippen LogP contribution in [0.4, 0.5) is 5.69 Å². The third kappa shape index (κ3) is 4.44. The minimum absolute atomic E-state index is 0.101. The topological polar surface area (TPSA) is 92.8 Å². The van der Waals surface area contributed by atoms with Gasteiger partial charge in [-0.25, -0.2) is 8.42 Å². The average molecular weight is 443 g/mol. The lowest BCUT2D eigenvalue weighted by atomic mass is 10.00. The molecule has 2 amide bonds. The standard InChI is InChI=1S/C23H26N2O5S/c1-2-30-20-6-4-3-5-18(20)15-24-21(26)10-12-31(28,29)19-13-16-7-8-22(27)25-11-9-17(14-19)23(16)25/h3-6,13-14H,2,7-12,15H2,1H3,(H,24,26). The van der Waals surface area contributed by atoms with E-state index in [1.54, 1.807) is 17.0 Å². The van der Waals surface area contributed by atoms with Crippen molar-refractivity contribution in [1.82, 2.24) is 5.32 Å². The van der Waals surface area contributed by atoms with Gasteiger partial charge in [0.05, 0.1) is 22.9 Å². The number of sulfone groups is 1. The minimum Gasteiger partial charge on any atom is -0.494 e. The van der Waals surface area contributed by atoms with Crippen molar-refractivity contribution in [3.8, 4) is 5.75 Å². The number of amides is 2. The zero-order valence-electron chi connectivity index (χ0n) is 17.5. The fourth-order valence-electron chi connectivity index (χ4n) is 4.18. The Morgan fingerprint density at radius 2 is 1.87 bits per heavy atom. The number of rotatable bonds is 8. The summed E-state index contributed by atoms with van der Waals surface area (Å²) >= 11 is 0. The molecule has 7 nitrogen and oxygen atoms in total. The minimum atomic E-state index is -3.61. The molecule has 0 fully saturated rings. The second-order valence-electron chi connectivity index (χ2n) is 7.77. The van der Waals surface area contributed by atoms with Gasteiger partial charge in [-0.3, -0.25) is 9.59 Å². The molecular formula is C23H26N2O5S. The zero-order chi connectivity index (χ0) is 22.0. The highest BCUT2D eigenvalue weighted by atomic mass is 32.2. The fourth-order valence-corrected chi connectivity index (χ4v) is 5.51. The summed E-state index contributed by atoms with van der Waals surface area (Å²) in [7, 11) is -3.61. The molecule has 0 unspecified atom stereocenters. The number of nitrogens with one attached hydrogen (secondary N) is 1. The monoisotopic (exact) mass is 442 g/mol. The van der Waals surface area contributed by atoms with Gasteiger partial charge in [-0.1, -0.05) is 18.2 Å². The maximum absolute atomic E-state index is 12.9. The summed E-state index contributed by atoms with van der Waals surface area (Å²) < 4.78 is 31.3. The van der Waals surface area contributed by atoms with Crippen molar-refractivity contribution in [2.45, 2.75) is 44.0 Å². The molecule has 2 heterocycles. The van der Waals surface area contributed by atoms with Crippen molar-refractivity contribution < 1.29 is 22.7 Å². The molecule has 0 saturated heterocycles. The van der Waals surface area contributed by atoms with Gasteiger partial charge >= 0.3 is 0 Å². The highest BCUT2D eigenvalue weighted by molar-refractivity contribution is 7.91. The summed E-state index contributed by atoms with van der Waals surface area (Å²) in [6, 6.07) is 10.8. The molecule has 8 heteroatoms. The first-order valence-electron chi connectivity index (χ1n) is 10.6. The predicted octanol–water partition coefficient (Wildman–Crippen LogP) is 2.40. The van der Waals surface area contributed by atoms with Gasteiger partial charge in [0.25, 0.3) is 0 Å². The largest absolute Gasteiger partial charge is 0.494 e. The highest BCUT2D eigenvalue weighted by Crippen LogP contribution is 2.38. The normalized spacial score (nSPS) is 15.0. The van der Waals surface area contributed by atoms with Crippen LogP contribution >= 0.6 is 0 Å². The summed E-state index contributed by atoms with van der Waals surface area (Å²) in [4.78, 5) is 26.4. The number of carbonyl (C=O) groups is 2. The second kappa shape index (κ2) is 8.70. The number of hydrogen-bond donors (Lipinski definition) is 1. The van der Waals surface area contributed by atoms with Crippen LogP contribution in [0.15, 0.2) is 41.3 Å². The first kappa shape index (κ1) is 21.4. The van der Waals surface area contributed by atoms with E-state index in [0.717, 1.165) is 22.4 Å². The van der Waals surface area contributed by atoms with E-state index in [1.807, 2.05) is 31.2 Å². The molecule has 31 heavy (non-hydrogen) atoms. The Kier molecular flexibility index (Phi) is 6.00. The van der Waals surface area contributed by atoms with Crippen LogP contribution in [0.3, 0.4) is 0 Å². The van der Waals surface area contributed by atoms with Crippen molar-refractivity contribution in [3.63, 3.8) is 0 Å². The lowest BCUT2D eigenvalue weighted by molar-refractivity contribution is -0.121. The Morgan fingerprint density at radius 3 is 2.65 bits per heavy atom. The molecule has 4 rings (SSSR count). The molecule has 0 radical (unpaired) electrons. The summed E-state index contributed by atoms with van der Waals surface area (Å²) in [5.74, 6) is 0.225. The number of carbonyl (C=O) groups excluding carboxylic acids is 2. The van der Waals surface area contributed by atoms with E-state index < -0.39 is 9.84 Å². The molecule has 0 aromatic heterocycles. The summed E-state index contributed by atoms with van der Waals surface area (Å²) in [5.41, 5.74) is 3.55. The Labute approximate surface area is 182 Å². The number of benzene rings is 2. The van der Waals surface area contributed by atoms with Crippen LogP contribution in [0.5, 0.6) is 5.75 Å². The molecule has 0 spiro atoms. The summed E-state index contributed by atoms with van der Waals surface area (Å²) in [6.45, 7) is 3.30. The second-order valence-corrected chi connectivity index (χ2v) is 9.88. The summed E-state index contributed by atoms with van der Waals surface area (Å²) in [5, 5.41) is 2.78. The van der Waals surface area contributed by atoms with Crippen LogP contribution in [-0.4, -0.2) is 39.1 Å². The molecule has 2 aromatic rings. The van der Waals surface area contributed by atoms with E-state index >= 15 is 0 Å². The number of ether oxygens (including phenoxy) is 1. The van der Waals surface area contributed by atoms with Crippen molar-refractivity contribution in [2.75, 3.05) is 23.8 Å². The van der Waals surface area contributed by atoms with Crippen LogP contribution in [-0.2, 0) is 38.8 Å². The smallest absolute Gasteiger partial charge is 0.227 e. The van der Waals surface area contributed by atoms with Gasteiger partial charge in [0.15, 0.2) is 9.84 Å². The van der Waals surface area contributed by atoms with Gasteiger partial charge < -0.3 is 15.0 Å².